The summed E-state index contributed by atoms with van der Waals surface area (Å²) in [5.41, 5.74) is 0. The fraction of sp³-hybridized carbons (Fsp3) is 0.667. The Morgan fingerprint density at radius 2 is 2.33 bits per heavy atom. The average molecular weight is 170 g/mol. The average Bonchev–Trinajstić information content (AvgIpc) is 2.48. The fourth-order valence-electron chi connectivity index (χ4n) is 0.885. The Balaban J connectivity index is 2.84. The lowest BCUT2D eigenvalue weighted by molar-refractivity contribution is -0.142. The smallest absolute Gasteiger partial charge is 0.316 e. The van der Waals surface area contributed by atoms with E-state index in [1.807, 2.05) is 0 Å². The van der Waals surface area contributed by atoms with E-state index in [0.29, 0.717) is 5.82 Å². The number of hydrogen-bond donors (Lipinski definition) is 0. The van der Waals surface area contributed by atoms with Gasteiger partial charge in [-0.1, -0.05) is 0 Å². The Kier molecular flexibility index (Phi) is 2.37. The first-order chi connectivity index (χ1) is 5.66. The predicted octanol–water partition coefficient (Wildman–Crippen LogP) is -0.513. The monoisotopic (exact) mass is 170 g/mol. The molecule has 0 saturated heterocycles. The van der Waals surface area contributed by atoms with E-state index >= 15 is 0 Å². The molecule has 0 N–H and O–H groups in total. The second kappa shape index (κ2) is 3.29. The van der Waals surface area contributed by atoms with Gasteiger partial charge in [0.2, 0.25) is 0 Å². The summed E-state index contributed by atoms with van der Waals surface area (Å²) in [5.74, 6) is -0.259. The van der Waals surface area contributed by atoms with E-state index in [9.17, 15) is 4.79 Å². The van der Waals surface area contributed by atoms with Gasteiger partial charge in [0.1, 0.15) is 5.92 Å². The topological polar surface area (TPSA) is 69.9 Å². The maximum absolute atomic E-state index is 11.0. The van der Waals surface area contributed by atoms with Crippen LogP contribution in [0.15, 0.2) is 0 Å². The van der Waals surface area contributed by atoms with Gasteiger partial charge in [-0.3, -0.25) is 4.79 Å². The van der Waals surface area contributed by atoms with Crippen LogP contribution in [0, 0.1) is 0 Å². The largest absolute Gasteiger partial charge is 0.468 e. The van der Waals surface area contributed by atoms with Crippen LogP contribution in [0.4, 0.5) is 0 Å². The van der Waals surface area contributed by atoms with Crippen molar-refractivity contribution in [3.8, 4) is 0 Å². The molecule has 1 atom stereocenters. The molecule has 0 fully saturated rings. The SMILES string of the molecule is COC(=O)C(C)c1nnnn1C. The first-order valence-electron chi connectivity index (χ1n) is 3.47. The van der Waals surface area contributed by atoms with Crippen LogP contribution in [0.3, 0.4) is 0 Å². The number of rotatable bonds is 2. The third kappa shape index (κ3) is 1.41. The number of esters is 1. The first kappa shape index (κ1) is 8.63. The Bertz CT molecular complexity index is 283. The van der Waals surface area contributed by atoms with E-state index in [-0.39, 0.29) is 5.97 Å². The van der Waals surface area contributed by atoms with Crippen molar-refractivity contribution >= 4 is 5.97 Å². The summed E-state index contributed by atoms with van der Waals surface area (Å²) in [6.45, 7) is 1.69. The molecule has 0 amide bonds. The molecule has 1 aromatic heterocycles. The van der Waals surface area contributed by atoms with Crippen LogP contribution in [0.5, 0.6) is 0 Å². The minimum atomic E-state index is -0.421. The molecule has 0 aromatic carbocycles. The lowest BCUT2D eigenvalue weighted by Crippen LogP contribution is -2.15. The maximum Gasteiger partial charge on any atom is 0.316 e. The Morgan fingerprint density at radius 1 is 1.67 bits per heavy atom. The number of methoxy groups -OCH3 is 1. The molecule has 0 aliphatic heterocycles. The minimum Gasteiger partial charge on any atom is -0.468 e. The van der Waals surface area contributed by atoms with Gasteiger partial charge in [0.05, 0.1) is 7.11 Å². The molecule has 1 heterocycles. The van der Waals surface area contributed by atoms with Crippen LogP contribution < -0.4 is 0 Å². The quantitative estimate of drug-likeness (QED) is 0.559. The molecule has 0 aliphatic rings. The van der Waals surface area contributed by atoms with E-state index < -0.39 is 5.92 Å². The Morgan fingerprint density at radius 3 is 2.75 bits per heavy atom. The second-order valence-corrected chi connectivity index (χ2v) is 2.41. The molecule has 6 nitrogen and oxygen atoms in total. The van der Waals surface area contributed by atoms with Crippen LogP contribution in [-0.2, 0) is 16.6 Å². The molecule has 0 spiro atoms. The number of nitrogens with zero attached hydrogens (tertiary/aromatic N) is 4. The van der Waals surface area contributed by atoms with Crippen molar-refractivity contribution in [3.05, 3.63) is 5.82 Å². The third-order valence-corrected chi connectivity index (χ3v) is 1.59. The zero-order valence-electron chi connectivity index (χ0n) is 7.18. The number of aryl methyl sites for hydroxylation is 1. The molecule has 1 aromatic rings. The molecule has 0 radical (unpaired) electrons. The van der Waals surface area contributed by atoms with Crippen LogP contribution in [0.2, 0.25) is 0 Å². The number of tetrazole rings is 1. The van der Waals surface area contributed by atoms with Gasteiger partial charge in [-0.25, -0.2) is 4.68 Å². The van der Waals surface area contributed by atoms with Crippen LogP contribution >= 0.6 is 0 Å². The van der Waals surface area contributed by atoms with E-state index in [1.54, 1.807) is 14.0 Å². The Labute approximate surface area is 69.5 Å². The molecule has 1 unspecified atom stereocenters. The summed E-state index contributed by atoms with van der Waals surface area (Å²) in [5, 5.41) is 10.7. The highest BCUT2D eigenvalue weighted by molar-refractivity contribution is 5.76. The maximum atomic E-state index is 11.0. The summed E-state index contributed by atoms with van der Waals surface area (Å²) < 4.78 is 5.99. The summed E-state index contributed by atoms with van der Waals surface area (Å²) in [6.07, 6.45) is 0. The van der Waals surface area contributed by atoms with Crippen LogP contribution in [-0.4, -0.2) is 33.3 Å². The van der Waals surface area contributed by atoms with E-state index in [1.165, 1.54) is 11.8 Å². The summed E-state index contributed by atoms with van der Waals surface area (Å²) in [7, 11) is 3.01. The number of carbonyl (C=O) groups excluding carboxylic acids is 1. The number of carbonyl (C=O) groups is 1. The summed E-state index contributed by atoms with van der Waals surface area (Å²) >= 11 is 0. The van der Waals surface area contributed by atoms with Gasteiger partial charge >= 0.3 is 5.97 Å². The zero-order chi connectivity index (χ0) is 9.14. The molecule has 0 saturated carbocycles. The van der Waals surface area contributed by atoms with Gasteiger partial charge in [-0.15, -0.1) is 5.10 Å². The summed E-state index contributed by atoms with van der Waals surface area (Å²) in [6, 6.07) is 0. The number of ether oxygens (including phenoxy) is 1. The lowest BCUT2D eigenvalue weighted by Gasteiger charge is -2.05. The molecule has 66 valence electrons. The van der Waals surface area contributed by atoms with Crippen molar-refractivity contribution in [3.63, 3.8) is 0 Å². The highest BCUT2D eigenvalue weighted by Crippen LogP contribution is 2.10. The third-order valence-electron chi connectivity index (χ3n) is 1.59. The molecule has 1 rings (SSSR count). The van der Waals surface area contributed by atoms with Crippen molar-refractivity contribution in [1.82, 2.24) is 20.2 Å². The van der Waals surface area contributed by atoms with Gasteiger partial charge in [-0.2, -0.15) is 0 Å². The van der Waals surface area contributed by atoms with Gasteiger partial charge in [0.15, 0.2) is 5.82 Å². The van der Waals surface area contributed by atoms with Gasteiger partial charge < -0.3 is 4.74 Å². The predicted molar refractivity (Wildman–Crippen MR) is 39.2 cm³/mol. The fourth-order valence-corrected chi connectivity index (χ4v) is 0.885. The van der Waals surface area contributed by atoms with Gasteiger partial charge in [0, 0.05) is 7.05 Å². The van der Waals surface area contributed by atoms with Gasteiger partial charge in [0.25, 0.3) is 0 Å². The first-order valence-corrected chi connectivity index (χ1v) is 3.47. The minimum absolute atomic E-state index is 0.340. The van der Waals surface area contributed by atoms with E-state index in [0.717, 1.165) is 0 Å². The molecule has 6 heteroatoms. The number of aromatic nitrogens is 4. The van der Waals surface area contributed by atoms with Crippen LogP contribution in [0.1, 0.15) is 18.7 Å². The molecular formula is C6H10N4O2. The van der Waals surface area contributed by atoms with E-state index in [4.69, 9.17) is 0 Å². The van der Waals surface area contributed by atoms with Gasteiger partial charge in [-0.05, 0) is 17.4 Å². The standard InChI is InChI=1S/C6H10N4O2/c1-4(6(11)12-3)5-7-8-9-10(5)2/h4H,1-3H3. The van der Waals surface area contributed by atoms with Crippen LogP contribution in [0.25, 0.3) is 0 Å². The normalized spacial score (nSPS) is 12.6. The van der Waals surface area contributed by atoms with Crippen molar-refractivity contribution in [2.45, 2.75) is 12.8 Å². The van der Waals surface area contributed by atoms with Crippen molar-refractivity contribution < 1.29 is 9.53 Å². The second-order valence-electron chi connectivity index (χ2n) is 2.41. The van der Waals surface area contributed by atoms with Crippen molar-refractivity contribution in [2.24, 2.45) is 7.05 Å². The molecule has 0 aliphatic carbocycles. The molecule has 12 heavy (non-hydrogen) atoms. The lowest BCUT2D eigenvalue weighted by atomic mass is 10.2. The highest BCUT2D eigenvalue weighted by Gasteiger charge is 2.20. The Hall–Kier alpha value is -1.46. The molecule has 0 bridgehead atoms. The van der Waals surface area contributed by atoms with Crippen molar-refractivity contribution in [1.29, 1.82) is 0 Å². The summed E-state index contributed by atoms with van der Waals surface area (Å²) in [4.78, 5) is 11.0. The molecular weight excluding hydrogens is 160 g/mol. The highest BCUT2D eigenvalue weighted by atomic mass is 16.5. The zero-order valence-corrected chi connectivity index (χ0v) is 7.18. The van der Waals surface area contributed by atoms with E-state index in [2.05, 4.69) is 20.3 Å². The number of hydrogen-bond acceptors (Lipinski definition) is 5. The van der Waals surface area contributed by atoms with Crippen molar-refractivity contribution in [2.75, 3.05) is 7.11 Å².